The van der Waals surface area contributed by atoms with Crippen molar-refractivity contribution in [3.63, 3.8) is 0 Å². The van der Waals surface area contributed by atoms with Gasteiger partial charge >= 0.3 is 5.97 Å². The molecule has 7 rings (SSSR count). The average Bonchev–Trinajstić information content (AvgIpc) is 3.27. The highest BCUT2D eigenvalue weighted by Crippen LogP contribution is 2.63. The lowest BCUT2D eigenvalue weighted by Gasteiger charge is -2.65. The fraction of sp³-hybridized carbons (Fsp3) is 0.529. The minimum atomic E-state index is -0.766. The molecule has 4 saturated heterocycles. The van der Waals surface area contributed by atoms with E-state index in [0.717, 1.165) is 24.9 Å². The van der Waals surface area contributed by atoms with Crippen molar-refractivity contribution >= 4 is 17.8 Å². The van der Waals surface area contributed by atoms with Crippen molar-refractivity contribution in [3.05, 3.63) is 71.3 Å². The summed E-state index contributed by atoms with van der Waals surface area (Å²) < 4.78 is 10.7. The van der Waals surface area contributed by atoms with E-state index in [2.05, 4.69) is 35.5 Å². The summed E-state index contributed by atoms with van der Waals surface area (Å²) in [6.07, 6.45) is 2.78. The number of ether oxygens (including phenoxy) is 2. The van der Waals surface area contributed by atoms with Crippen molar-refractivity contribution in [3.8, 4) is 6.07 Å². The monoisotopic (exact) mass is 584 g/mol. The Bertz CT molecular complexity index is 1390. The average molecular weight is 585 g/mol. The number of amides is 2. The second-order valence-electron chi connectivity index (χ2n) is 12.4. The van der Waals surface area contributed by atoms with Crippen LogP contribution in [0.2, 0.25) is 0 Å². The zero-order chi connectivity index (χ0) is 30.1. The van der Waals surface area contributed by atoms with Gasteiger partial charge in [-0.3, -0.25) is 14.4 Å². The summed E-state index contributed by atoms with van der Waals surface area (Å²) in [6.45, 7) is 3.55. The molecule has 0 radical (unpaired) electrons. The molecular formula is C34H40N4O5. The van der Waals surface area contributed by atoms with Crippen molar-refractivity contribution in [2.75, 3.05) is 40.0 Å². The second kappa shape index (κ2) is 12.1. The Morgan fingerprint density at radius 2 is 1.81 bits per heavy atom. The van der Waals surface area contributed by atoms with E-state index in [1.807, 2.05) is 47.4 Å². The molecule has 0 aromatic heterocycles. The molecular weight excluding hydrogens is 544 g/mol. The first-order chi connectivity index (χ1) is 20.9. The Kier molecular flexibility index (Phi) is 8.25. The molecule has 9 heteroatoms. The Morgan fingerprint density at radius 3 is 2.49 bits per heavy atom. The van der Waals surface area contributed by atoms with Crippen LogP contribution in [0, 0.1) is 35.0 Å². The Labute approximate surface area is 253 Å². The van der Waals surface area contributed by atoms with Gasteiger partial charge in [-0.15, -0.1) is 0 Å². The van der Waals surface area contributed by atoms with Gasteiger partial charge in [-0.05, 0) is 74.8 Å². The number of likely N-dealkylation sites (tertiary alicyclic amines) is 1. The highest BCUT2D eigenvalue weighted by molar-refractivity contribution is 5.92. The maximum Gasteiger partial charge on any atom is 0.325 e. The SMILES string of the molecule is CCOC(=O)CNC(=O)[C@@H]1[C@@H]2C[C@H]3CN(C)[C@@H]([C@@H]2Cc2ccccc2)[C@@]3(c2ccc(C#N)cc2)N1C(=O)C1CCOCC1. The van der Waals surface area contributed by atoms with Crippen LogP contribution in [0.25, 0.3) is 0 Å². The van der Waals surface area contributed by atoms with Crippen molar-refractivity contribution < 1.29 is 23.9 Å². The number of nitrogens with one attached hydrogen (secondary N) is 1. The molecule has 5 aliphatic rings. The minimum absolute atomic E-state index is 0.0166. The van der Waals surface area contributed by atoms with E-state index in [-0.39, 0.29) is 54.7 Å². The van der Waals surface area contributed by atoms with Crippen molar-refractivity contribution in [1.29, 1.82) is 5.26 Å². The van der Waals surface area contributed by atoms with E-state index >= 15 is 0 Å². The lowest BCUT2D eigenvalue weighted by molar-refractivity contribution is -0.190. The minimum Gasteiger partial charge on any atom is -0.465 e. The molecule has 1 saturated carbocycles. The number of rotatable bonds is 8. The molecule has 226 valence electrons. The van der Waals surface area contributed by atoms with Crippen LogP contribution in [0.3, 0.4) is 0 Å². The molecule has 4 bridgehead atoms. The van der Waals surface area contributed by atoms with Crippen molar-refractivity contribution in [2.45, 2.75) is 50.2 Å². The molecule has 5 fully saturated rings. The van der Waals surface area contributed by atoms with E-state index < -0.39 is 17.6 Å². The van der Waals surface area contributed by atoms with Crippen molar-refractivity contribution in [1.82, 2.24) is 15.1 Å². The first kappa shape index (κ1) is 29.3. The number of benzene rings is 2. The van der Waals surface area contributed by atoms with Gasteiger partial charge in [0.2, 0.25) is 11.8 Å². The quantitative estimate of drug-likeness (QED) is 0.475. The largest absolute Gasteiger partial charge is 0.465 e. The molecule has 2 aromatic carbocycles. The van der Waals surface area contributed by atoms with Gasteiger partial charge in [-0.25, -0.2) is 0 Å². The van der Waals surface area contributed by atoms with Gasteiger partial charge < -0.3 is 24.6 Å². The maximum absolute atomic E-state index is 14.8. The third-order valence-corrected chi connectivity index (χ3v) is 10.2. The van der Waals surface area contributed by atoms with Crippen LogP contribution in [0.15, 0.2) is 54.6 Å². The smallest absolute Gasteiger partial charge is 0.325 e. The predicted octanol–water partition coefficient (Wildman–Crippen LogP) is 2.88. The molecule has 1 N–H and O–H groups in total. The van der Waals surface area contributed by atoms with E-state index in [0.29, 0.717) is 31.6 Å². The van der Waals surface area contributed by atoms with Crippen molar-refractivity contribution in [2.24, 2.45) is 23.7 Å². The number of hydrogen-bond acceptors (Lipinski definition) is 7. The topological polar surface area (TPSA) is 112 Å². The molecule has 1 aliphatic carbocycles. The number of nitriles is 1. The molecule has 2 aromatic rings. The van der Waals surface area contributed by atoms with E-state index in [1.54, 1.807) is 6.92 Å². The summed E-state index contributed by atoms with van der Waals surface area (Å²) in [7, 11) is 2.14. The highest BCUT2D eigenvalue weighted by Gasteiger charge is 2.72. The molecule has 4 aliphatic heterocycles. The van der Waals surface area contributed by atoms with Crippen LogP contribution in [-0.4, -0.2) is 79.6 Å². The highest BCUT2D eigenvalue weighted by atomic mass is 16.5. The normalized spacial score (nSPS) is 30.1. The lowest BCUT2D eigenvalue weighted by Crippen LogP contribution is -2.77. The lowest BCUT2D eigenvalue weighted by atomic mass is 9.52. The van der Waals surface area contributed by atoms with E-state index in [4.69, 9.17) is 9.47 Å². The maximum atomic E-state index is 14.8. The van der Waals surface area contributed by atoms with E-state index in [1.165, 1.54) is 5.56 Å². The van der Waals surface area contributed by atoms with Gasteiger partial charge in [0.15, 0.2) is 0 Å². The summed E-state index contributed by atoms with van der Waals surface area (Å²) in [6, 6.07) is 19.4. The van der Waals surface area contributed by atoms with Gasteiger partial charge in [0.05, 0.1) is 23.8 Å². The summed E-state index contributed by atoms with van der Waals surface area (Å²) in [5, 5.41) is 12.4. The number of piperidine rings is 2. The zero-order valence-electron chi connectivity index (χ0n) is 24.9. The van der Waals surface area contributed by atoms with Crippen LogP contribution in [0.1, 0.15) is 42.9 Å². The second-order valence-corrected chi connectivity index (χ2v) is 12.4. The third kappa shape index (κ3) is 5.00. The Balaban J connectivity index is 1.50. The molecule has 6 atom stereocenters. The van der Waals surface area contributed by atoms with Crippen LogP contribution in [0.4, 0.5) is 0 Å². The Morgan fingerprint density at radius 1 is 1.09 bits per heavy atom. The van der Waals surface area contributed by atoms with Gasteiger partial charge in [-0.2, -0.15) is 5.26 Å². The van der Waals surface area contributed by atoms with Gasteiger partial charge in [0.25, 0.3) is 0 Å². The van der Waals surface area contributed by atoms with Gasteiger partial charge in [0, 0.05) is 37.6 Å². The molecule has 4 heterocycles. The number of hydrogen-bond donors (Lipinski definition) is 1. The van der Waals surface area contributed by atoms with Crippen LogP contribution in [-0.2, 0) is 35.8 Å². The van der Waals surface area contributed by atoms with Gasteiger partial charge in [-0.1, -0.05) is 42.5 Å². The molecule has 0 unspecified atom stereocenters. The molecule has 2 amide bonds. The first-order valence-corrected chi connectivity index (χ1v) is 15.5. The first-order valence-electron chi connectivity index (χ1n) is 15.5. The number of nitrogens with zero attached hydrogens (tertiary/aromatic N) is 3. The fourth-order valence-electron chi connectivity index (χ4n) is 8.70. The molecule has 9 nitrogen and oxygen atoms in total. The summed E-state index contributed by atoms with van der Waals surface area (Å²) in [4.78, 5) is 45.7. The number of esters is 1. The van der Waals surface area contributed by atoms with Crippen LogP contribution < -0.4 is 5.32 Å². The van der Waals surface area contributed by atoms with Gasteiger partial charge in [0.1, 0.15) is 12.6 Å². The fourth-order valence-corrected chi connectivity index (χ4v) is 8.70. The molecule has 43 heavy (non-hydrogen) atoms. The summed E-state index contributed by atoms with van der Waals surface area (Å²) in [5.74, 6) is -0.966. The van der Waals surface area contributed by atoms with Crippen LogP contribution >= 0.6 is 0 Å². The zero-order valence-corrected chi connectivity index (χ0v) is 24.9. The standard InChI is InChI=1S/C34H40N4O5/c1-3-43-29(39)20-36-32(40)30-27-18-26-21-37(2)31(28(27)17-22-7-5-4-6-8-22)34(26,25-11-9-23(19-35)10-12-25)38(30)33(41)24-13-15-42-16-14-24/h4-12,24,26-28,30-31H,3,13-18,20-21H2,1-2H3,(H,36,40)/t26-,27+,28+,30-,31-,34-/m0/s1. The molecule has 0 spiro atoms. The third-order valence-electron chi connectivity index (χ3n) is 10.2. The Hall–Kier alpha value is -3.74. The van der Waals surface area contributed by atoms with Crippen LogP contribution in [0.5, 0.6) is 0 Å². The number of carbonyl (C=O) groups is 3. The predicted molar refractivity (Wildman–Crippen MR) is 158 cm³/mol. The summed E-state index contributed by atoms with van der Waals surface area (Å²) >= 11 is 0. The number of carbonyl (C=O) groups excluding carboxylic acids is 3. The number of likely N-dealkylation sites (N-methyl/N-ethyl adjacent to an activating group) is 1. The van der Waals surface area contributed by atoms with E-state index in [9.17, 15) is 19.6 Å². The number of fused-ring (bicyclic) bond motifs is 1. The summed E-state index contributed by atoms with van der Waals surface area (Å²) in [5.41, 5.74) is 1.95.